The summed E-state index contributed by atoms with van der Waals surface area (Å²) in [5.41, 5.74) is -1.05. The molecule has 0 fully saturated rings. The van der Waals surface area contributed by atoms with E-state index in [0.29, 0.717) is 0 Å². The van der Waals surface area contributed by atoms with Gasteiger partial charge >= 0.3 is 0 Å². The highest BCUT2D eigenvalue weighted by Gasteiger charge is 2.34. The first kappa shape index (κ1) is 8.30. The molecule has 1 unspecified atom stereocenters. The van der Waals surface area contributed by atoms with Crippen LogP contribution in [0.5, 0.6) is 0 Å². The fourth-order valence-corrected chi connectivity index (χ4v) is 1.17. The molecule has 0 saturated carbocycles. The van der Waals surface area contributed by atoms with Gasteiger partial charge in [-0.2, -0.15) is 10.5 Å². The summed E-state index contributed by atoms with van der Waals surface area (Å²) < 4.78 is 0. The molecule has 0 aromatic rings. The molecule has 58 valence electrons. The van der Waals surface area contributed by atoms with Gasteiger partial charge in [0.1, 0.15) is 0 Å². The van der Waals surface area contributed by atoms with Crippen LogP contribution < -0.4 is 0 Å². The third-order valence-corrected chi connectivity index (χ3v) is 1.94. The largest absolute Gasteiger partial charge is 0.196 e. The molecular weight excluding hydrogens is 148 g/mol. The van der Waals surface area contributed by atoms with Crippen molar-refractivity contribution in [3.63, 3.8) is 0 Å². The number of hydrogen-bond acceptors (Lipinski definition) is 2. The highest BCUT2D eigenvalue weighted by atomic mass is 14.4. The summed E-state index contributed by atoms with van der Waals surface area (Å²) in [6.45, 7) is 3.59. The molecule has 0 aromatic heterocycles. The average molecular weight is 156 g/mol. The van der Waals surface area contributed by atoms with Gasteiger partial charge in [0.05, 0.1) is 12.1 Å². The fourth-order valence-electron chi connectivity index (χ4n) is 1.17. The minimum absolute atomic E-state index is 0.197. The van der Waals surface area contributed by atoms with Crippen LogP contribution in [0.15, 0.2) is 37.0 Å². The van der Waals surface area contributed by atoms with Crippen LogP contribution in [0.25, 0.3) is 0 Å². The molecule has 1 aliphatic rings. The Morgan fingerprint density at radius 3 is 2.42 bits per heavy atom. The molecule has 1 aliphatic carbocycles. The van der Waals surface area contributed by atoms with Gasteiger partial charge in [0.15, 0.2) is 5.41 Å². The normalized spacial score (nSPS) is 24.0. The van der Waals surface area contributed by atoms with Gasteiger partial charge in [0.2, 0.25) is 0 Å². The number of allylic oxidation sites excluding steroid dienone is 5. The van der Waals surface area contributed by atoms with E-state index in [0.717, 1.165) is 0 Å². The lowest BCUT2D eigenvalue weighted by atomic mass is 9.75. The summed E-state index contributed by atoms with van der Waals surface area (Å²) in [4.78, 5) is 0. The van der Waals surface area contributed by atoms with E-state index in [-0.39, 0.29) is 5.92 Å². The monoisotopic (exact) mass is 156 g/mol. The quantitative estimate of drug-likeness (QED) is 0.545. The summed E-state index contributed by atoms with van der Waals surface area (Å²) >= 11 is 0. The zero-order valence-corrected chi connectivity index (χ0v) is 6.57. The van der Waals surface area contributed by atoms with E-state index >= 15 is 0 Å². The van der Waals surface area contributed by atoms with Crippen LogP contribution in [-0.4, -0.2) is 0 Å². The molecule has 2 nitrogen and oxygen atoms in total. The highest BCUT2D eigenvalue weighted by Crippen LogP contribution is 2.32. The van der Waals surface area contributed by atoms with E-state index in [9.17, 15) is 0 Å². The number of hydrogen-bond donors (Lipinski definition) is 0. The van der Waals surface area contributed by atoms with Gasteiger partial charge in [-0.05, 0) is 6.08 Å². The Labute approximate surface area is 71.7 Å². The standard InChI is InChI=1S/C10H8N2/c1-2-9-5-3-4-6-10(9,7-11)8-12/h2-6,9H,1H2. The van der Waals surface area contributed by atoms with E-state index in [2.05, 4.69) is 6.58 Å². The minimum Gasteiger partial charge on any atom is -0.196 e. The second-order valence-corrected chi connectivity index (χ2v) is 2.60. The number of nitrogens with zero attached hydrogens (tertiary/aromatic N) is 2. The second kappa shape index (κ2) is 3.07. The van der Waals surface area contributed by atoms with Crippen LogP contribution in [-0.2, 0) is 0 Å². The van der Waals surface area contributed by atoms with Crippen LogP contribution in [0.1, 0.15) is 0 Å². The third-order valence-electron chi connectivity index (χ3n) is 1.94. The van der Waals surface area contributed by atoms with Crippen LogP contribution in [0.2, 0.25) is 0 Å². The molecule has 0 amide bonds. The van der Waals surface area contributed by atoms with Gasteiger partial charge in [-0.15, -0.1) is 6.58 Å². The SMILES string of the molecule is C=CC1C=CC=CC1(C#N)C#N. The predicted molar refractivity (Wildman–Crippen MR) is 45.6 cm³/mol. The smallest absolute Gasteiger partial charge is 0.171 e. The molecule has 0 N–H and O–H groups in total. The Morgan fingerprint density at radius 2 is 2.00 bits per heavy atom. The van der Waals surface area contributed by atoms with E-state index in [1.165, 1.54) is 0 Å². The van der Waals surface area contributed by atoms with Crippen molar-refractivity contribution >= 4 is 0 Å². The van der Waals surface area contributed by atoms with Gasteiger partial charge in [-0.25, -0.2) is 0 Å². The molecule has 0 radical (unpaired) electrons. The van der Waals surface area contributed by atoms with Gasteiger partial charge in [0.25, 0.3) is 0 Å². The Kier molecular flexibility index (Phi) is 2.12. The minimum atomic E-state index is -1.05. The van der Waals surface area contributed by atoms with Crippen molar-refractivity contribution in [1.29, 1.82) is 10.5 Å². The Balaban J connectivity index is 3.13. The Hall–Kier alpha value is -1.80. The second-order valence-electron chi connectivity index (χ2n) is 2.60. The van der Waals surface area contributed by atoms with E-state index in [4.69, 9.17) is 10.5 Å². The topological polar surface area (TPSA) is 47.6 Å². The van der Waals surface area contributed by atoms with Crippen LogP contribution in [0.4, 0.5) is 0 Å². The first-order chi connectivity index (χ1) is 5.79. The molecule has 0 bridgehead atoms. The van der Waals surface area contributed by atoms with Crippen molar-refractivity contribution < 1.29 is 0 Å². The molecule has 0 heterocycles. The van der Waals surface area contributed by atoms with Crippen molar-refractivity contribution in [2.24, 2.45) is 11.3 Å². The average Bonchev–Trinajstić information content (AvgIpc) is 2.17. The Bertz CT molecular complexity index is 309. The zero-order valence-electron chi connectivity index (χ0n) is 6.57. The van der Waals surface area contributed by atoms with Crippen molar-refractivity contribution in [3.05, 3.63) is 37.0 Å². The Morgan fingerprint density at radius 1 is 1.33 bits per heavy atom. The van der Waals surface area contributed by atoms with Gasteiger partial charge in [-0.1, -0.05) is 24.3 Å². The first-order valence-corrected chi connectivity index (χ1v) is 3.60. The maximum Gasteiger partial charge on any atom is 0.171 e. The number of nitriles is 2. The van der Waals surface area contributed by atoms with E-state index in [1.807, 2.05) is 18.2 Å². The molecular formula is C10H8N2. The molecule has 0 aliphatic heterocycles. The predicted octanol–water partition coefficient (Wildman–Crippen LogP) is 1.95. The maximum atomic E-state index is 8.84. The van der Waals surface area contributed by atoms with Crippen LogP contribution in [0, 0.1) is 34.0 Å². The summed E-state index contributed by atoms with van der Waals surface area (Å²) in [6.07, 6.45) is 8.57. The third kappa shape index (κ3) is 1.04. The lowest BCUT2D eigenvalue weighted by molar-refractivity contribution is 0.549. The van der Waals surface area contributed by atoms with E-state index < -0.39 is 5.41 Å². The zero-order chi connectivity index (χ0) is 9.03. The first-order valence-electron chi connectivity index (χ1n) is 3.60. The van der Waals surface area contributed by atoms with Crippen LogP contribution in [0.3, 0.4) is 0 Å². The van der Waals surface area contributed by atoms with Crippen LogP contribution >= 0.6 is 0 Å². The van der Waals surface area contributed by atoms with Crippen molar-refractivity contribution in [2.45, 2.75) is 0 Å². The highest BCUT2D eigenvalue weighted by molar-refractivity contribution is 5.36. The van der Waals surface area contributed by atoms with Gasteiger partial charge < -0.3 is 0 Å². The molecule has 0 saturated heterocycles. The summed E-state index contributed by atoms with van der Waals surface area (Å²) in [5.74, 6) is -0.197. The van der Waals surface area contributed by atoms with E-state index in [1.54, 1.807) is 24.3 Å². The summed E-state index contributed by atoms with van der Waals surface area (Å²) in [6, 6.07) is 4.00. The molecule has 12 heavy (non-hydrogen) atoms. The molecule has 0 aromatic carbocycles. The maximum absolute atomic E-state index is 8.84. The lowest BCUT2D eigenvalue weighted by Gasteiger charge is -2.22. The summed E-state index contributed by atoms with van der Waals surface area (Å²) in [7, 11) is 0. The van der Waals surface area contributed by atoms with Gasteiger partial charge in [-0.3, -0.25) is 0 Å². The van der Waals surface area contributed by atoms with Crippen molar-refractivity contribution in [1.82, 2.24) is 0 Å². The summed E-state index contributed by atoms with van der Waals surface area (Å²) in [5, 5.41) is 17.7. The van der Waals surface area contributed by atoms with Gasteiger partial charge in [0, 0.05) is 5.92 Å². The fraction of sp³-hybridized carbons (Fsp3) is 0.200. The van der Waals surface area contributed by atoms with Crippen molar-refractivity contribution in [2.75, 3.05) is 0 Å². The molecule has 1 atom stereocenters. The van der Waals surface area contributed by atoms with Crippen molar-refractivity contribution in [3.8, 4) is 12.1 Å². The molecule has 1 rings (SSSR count). The molecule has 0 spiro atoms. The number of rotatable bonds is 1. The molecule has 2 heteroatoms. The lowest BCUT2D eigenvalue weighted by Crippen LogP contribution is -2.23.